The van der Waals surface area contributed by atoms with Gasteiger partial charge >= 0.3 is 11.9 Å². The van der Waals surface area contributed by atoms with Gasteiger partial charge in [0, 0.05) is 19.6 Å². The van der Waals surface area contributed by atoms with Crippen LogP contribution in [0.25, 0.3) is 0 Å². The second-order valence-corrected chi connectivity index (χ2v) is 7.74. The Morgan fingerprint density at radius 2 is 1.14 bits per heavy atom. The molecule has 0 saturated heterocycles. The van der Waals surface area contributed by atoms with E-state index in [2.05, 4.69) is 4.74 Å². The van der Waals surface area contributed by atoms with Crippen LogP contribution in [0.3, 0.4) is 0 Å². The minimum Gasteiger partial charge on any atom is -0.393 e. The number of hydrogen-bond donors (Lipinski definition) is 2. The molecule has 0 heterocycles. The van der Waals surface area contributed by atoms with Crippen molar-refractivity contribution in [1.82, 2.24) is 0 Å². The van der Waals surface area contributed by atoms with Crippen molar-refractivity contribution in [2.45, 2.75) is 116 Å². The van der Waals surface area contributed by atoms with Gasteiger partial charge in [0.25, 0.3) is 0 Å². The lowest BCUT2D eigenvalue weighted by Crippen LogP contribution is -2.28. The molecule has 0 aliphatic carbocycles. The van der Waals surface area contributed by atoms with Gasteiger partial charge < -0.3 is 19.7 Å². The fourth-order valence-electron chi connectivity index (χ4n) is 3.22. The summed E-state index contributed by atoms with van der Waals surface area (Å²) < 4.78 is 9.78. The van der Waals surface area contributed by atoms with Crippen molar-refractivity contribution in [2.24, 2.45) is 0 Å². The number of unbranched alkanes of at least 4 members (excludes halogenated alkanes) is 14. The molecule has 0 spiro atoms. The average molecular weight is 417 g/mol. The Hall–Kier alpha value is -0.980. The molecule has 172 valence electrons. The molecule has 6 heteroatoms. The normalized spacial score (nSPS) is 12.1. The van der Waals surface area contributed by atoms with Gasteiger partial charge in [0.05, 0.1) is 6.61 Å². The summed E-state index contributed by atoms with van der Waals surface area (Å²) in [6.45, 7) is 3.06. The van der Waals surface area contributed by atoms with Gasteiger partial charge in [-0.3, -0.25) is 4.79 Å². The Kier molecular flexibility index (Phi) is 21.0. The number of hydrogen-bond acceptors (Lipinski definition) is 6. The van der Waals surface area contributed by atoms with Gasteiger partial charge in [-0.2, -0.15) is 0 Å². The predicted octanol–water partition coefficient (Wildman–Crippen LogP) is 4.69. The molecule has 0 fully saturated rings. The SMILES string of the molecule is CCOCCCCCCCCCCCCCCCCCC(=O)OC(=O)C(O)CO. The number of esters is 2. The summed E-state index contributed by atoms with van der Waals surface area (Å²) in [5.41, 5.74) is 0. The Bertz CT molecular complexity index is 386. The minimum atomic E-state index is -1.63. The van der Waals surface area contributed by atoms with Crippen LogP contribution in [-0.2, 0) is 19.1 Å². The summed E-state index contributed by atoms with van der Waals surface area (Å²) in [5.74, 6) is -1.71. The van der Waals surface area contributed by atoms with Crippen molar-refractivity contribution < 1.29 is 29.3 Å². The van der Waals surface area contributed by atoms with Crippen LogP contribution in [0.2, 0.25) is 0 Å². The fourth-order valence-corrected chi connectivity index (χ4v) is 3.22. The van der Waals surface area contributed by atoms with Gasteiger partial charge in [0.2, 0.25) is 0 Å². The van der Waals surface area contributed by atoms with Crippen molar-refractivity contribution in [1.29, 1.82) is 0 Å². The molecular formula is C23H44O6. The average Bonchev–Trinajstić information content (AvgIpc) is 2.72. The molecule has 1 atom stereocenters. The number of aliphatic hydroxyl groups excluding tert-OH is 2. The van der Waals surface area contributed by atoms with Gasteiger partial charge in [0.1, 0.15) is 0 Å². The molecule has 0 rings (SSSR count). The van der Waals surface area contributed by atoms with Crippen LogP contribution in [0.1, 0.15) is 110 Å². The van der Waals surface area contributed by atoms with E-state index in [1.165, 1.54) is 77.0 Å². The van der Waals surface area contributed by atoms with Crippen LogP contribution < -0.4 is 0 Å². The molecule has 0 aromatic carbocycles. The smallest absolute Gasteiger partial charge is 0.345 e. The first-order valence-corrected chi connectivity index (χ1v) is 11.7. The molecule has 0 aliphatic heterocycles. The highest BCUT2D eigenvalue weighted by molar-refractivity contribution is 5.87. The third-order valence-corrected chi connectivity index (χ3v) is 5.03. The Morgan fingerprint density at radius 1 is 0.724 bits per heavy atom. The van der Waals surface area contributed by atoms with E-state index in [-0.39, 0.29) is 6.42 Å². The standard InChI is InChI=1S/C23H44O6/c1-2-28-19-17-15-13-11-9-7-5-3-4-6-8-10-12-14-16-18-22(26)29-23(27)21(25)20-24/h21,24-25H,2-20H2,1H3. The van der Waals surface area contributed by atoms with E-state index in [0.717, 1.165) is 26.1 Å². The maximum Gasteiger partial charge on any atom is 0.345 e. The highest BCUT2D eigenvalue weighted by Gasteiger charge is 2.18. The van der Waals surface area contributed by atoms with Crippen molar-refractivity contribution in [2.75, 3.05) is 19.8 Å². The van der Waals surface area contributed by atoms with E-state index in [1.54, 1.807) is 0 Å². The molecule has 0 aliphatic rings. The topological polar surface area (TPSA) is 93.1 Å². The summed E-state index contributed by atoms with van der Waals surface area (Å²) in [6.07, 6.45) is 16.9. The highest BCUT2D eigenvalue weighted by atomic mass is 16.6. The summed E-state index contributed by atoms with van der Waals surface area (Å²) in [4.78, 5) is 22.5. The zero-order valence-corrected chi connectivity index (χ0v) is 18.5. The van der Waals surface area contributed by atoms with Crippen LogP contribution in [0, 0.1) is 0 Å². The van der Waals surface area contributed by atoms with E-state index in [1.807, 2.05) is 6.92 Å². The number of carbonyl (C=O) groups is 2. The first-order valence-electron chi connectivity index (χ1n) is 11.7. The van der Waals surface area contributed by atoms with Gasteiger partial charge in [0.15, 0.2) is 6.10 Å². The lowest BCUT2D eigenvalue weighted by atomic mass is 10.0. The van der Waals surface area contributed by atoms with E-state index < -0.39 is 24.6 Å². The van der Waals surface area contributed by atoms with E-state index in [0.29, 0.717) is 6.42 Å². The zero-order chi connectivity index (χ0) is 21.6. The number of ether oxygens (including phenoxy) is 2. The van der Waals surface area contributed by atoms with E-state index in [4.69, 9.17) is 14.9 Å². The molecular weight excluding hydrogens is 372 g/mol. The minimum absolute atomic E-state index is 0.177. The fraction of sp³-hybridized carbons (Fsp3) is 0.913. The van der Waals surface area contributed by atoms with Crippen molar-refractivity contribution >= 4 is 11.9 Å². The predicted molar refractivity (Wildman–Crippen MR) is 115 cm³/mol. The molecule has 29 heavy (non-hydrogen) atoms. The quantitative estimate of drug-likeness (QED) is 0.160. The molecule has 0 bridgehead atoms. The van der Waals surface area contributed by atoms with Crippen LogP contribution in [-0.4, -0.2) is 48.1 Å². The lowest BCUT2D eigenvalue weighted by Gasteiger charge is -2.06. The molecule has 1 unspecified atom stereocenters. The Balaban J connectivity index is 3.20. The second kappa shape index (κ2) is 21.7. The molecule has 0 aromatic heterocycles. The summed E-state index contributed by atoms with van der Waals surface area (Å²) >= 11 is 0. The van der Waals surface area contributed by atoms with Gasteiger partial charge in [-0.05, 0) is 19.8 Å². The largest absolute Gasteiger partial charge is 0.393 e. The third-order valence-electron chi connectivity index (χ3n) is 5.03. The van der Waals surface area contributed by atoms with Gasteiger partial charge in [-0.25, -0.2) is 4.79 Å². The summed E-state index contributed by atoms with van der Waals surface area (Å²) in [7, 11) is 0. The zero-order valence-electron chi connectivity index (χ0n) is 18.5. The van der Waals surface area contributed by atoms with Crippen molar-refractivity contribution in [3.63, 3.8) is 0 Å². The summed E-state index contributed by atoms with van der Waals surface area (Å²) in [6, 6.07) is 0. The third kappa shape index (κ3) is 20.1. The Morgan fingerprint density at radius 3 is 1.55 bits per heavy atom. The molecule has 0 saturated carbocycles. The van der Waals surface area contributed by atoms with Gasteiger partial charge in [-0.1, -0.05) is 83.5 Å². The first-order chi connectivity index (χ1) is 14.1. The van der Waals surface area contributed by atoms with Crippen LogP contribution >= 0.6 is 0 Å². The van der Waals surface area contributed by atoms with Crippen molar-refractivity contribution in [3.8, 4) is 0 Å². The van der Waals surface area contributed by atoms with E-state index in [9.17, 15) is 9.59 Å². The van der Waals surface area contributed by atoms with Crippen LogP contribution in [0.5, 0.6) is 0 Å². The van der Waals surface area contributed by atoms with Crippen LogP contribution in [0.15, 0.2) is 0 Å². The lowest BCUT2D eigenvalue weighted by molar-refractivity contribution is -0.167. The second-order valence-electron chi connectivity index (χ2n) is 7.74. The monoisotopic (exact) mass is 416 g/mol. The number of carbonyl (C=O) groups excluding carboxylic acids is 2. The molecule has 0 radical (unpaired) electrons. The molecule has 0 aromatic rings. The molecule has 0 amide bonds. The maximum atomic E-state index is 11.4. The van der Waals surface area contributed by atoms with E-state index >= 15 is 0 Å². The van der Waals surface area contributed by atoms with Crippen molar-refractivity contribution in [3.05, 3.63) is 0 Å². The Labute approximate surface area is 177 Å². The molecule has 6 nitrogen and oxygen atoms in total. The summed E-state index contributed by atoms with van der Waals surface area (Å²) in [5, 5.41) is 17.6. The number of aliphatic hydroxyl groups is 2. The number of rotatable bonds is 21. The maximum absolute atomic E-state index is 11.4. The van der Waals surface area contributed by atoms with Crippen LogP contribution in [0.4, 0.5) is 0 Å². The van der Waals surface area contributed by atoms with Gasteiger partial charge in [-0.15, -0.1) is 0 Å². The molecule has 2 N–H and O–H groups in total. The first kappa shape index (κ1) is 28.0. The highest BCUT2D eigenvalue weighted by Crippen LogP contribution is 2.14.